The Balaban J connectivity index is 1.66. The summed E-state index contributed by atoms with van der Waals surface area (Å²) in [5, 5.41) is 11.1. The predicted octanol–water partition coefficient (Wildman–Crippen LogP) is 0.987. The van der Waals surface area contributed by atoms with Gasteiger partial charge in [-0.05, 0) is 44.6 Å². The van der Waals surface area contributed by atoms with Crippen molar-refractivity contribution in [3.8, 4) is 0 Å². The van der Waals surface area contributed by atoms with E-state index in [0.29, 0.717) is 31.0 Å². The molecule has 4 aliphatic heterocycles. The topological polar surface area (TPSA) is 43.8 Å². The highest BCUT2D eigenvalue weighted by atomic mass is 16.3. The molecule has 0 aromatic carbocycles. The van der Waals surface area contributed by atoms with E-state index in [4.69, 9.17) is 0 Å². The normalized spacial score (nSPS) is 46.7. The fourth-order valence-corrected chi connectivity index (χ4v) is 5.14. The van der Waals surface area contributed by atoms with Gasteiger partial charge in [-0.25, -0.2) is 0 Å². The van der Waals surface area contributed by atoms with Crippen LogP contribution in [0.25, 0.3) is 0 Å². The van der Waals surface area contributed by atoms with Crippen LogP contribution in [0.15, 0.2) is 0 Å². The molecule has 4 aliphatic rings. The van der Waals surface area contributed by atoms with Gasteiger partial charge >= 0.3 is 0 Å². The van der Waals surface area contributed by atoms with Gasteiger partial charge in [0.2, 0.25) is 5.91 Å². The second-order valence-corrected chi connectivity index (χ2v) is 7.06. The van der Waals surface area contributed by atoms with Crippen LogP contribution >= 0.6 is 0 Å². The van der Waals surface area contributed by atoms with Gasteiger partial charge < -0.3 is 10.0 Å². The van der Waals surface area contributed by atoms with Gasteiger partial charge in [0.25, 0.3) is 0 Å². The first-order valence-corrected chi connectivity index (χ1v) is 7.93. The third-order valence-corrected chi connectivity index (χ3v) is 5.92. The Morgan fingerprint density at radius 1 is 1.21 bits per heavy atom. The molecule has 0 saturated carbocycles. The van der Waals surface area contributed by atoms with E-state index in [9.17, 15) is 9.90 Å². The maximum atomic E-state index is 12.2. The van der Waals surface area contributed by atoms with Crippen molar-refractivity contribution in [2.75, 3.05) is 19.6 Å². The first kappa shape index (κ1) is 12.2. The molecule has 106 valence electrons. The van der Waals surface area contributed by atoms with Gasteiger partial charge in [0.15, 0.2) is 0 Å². The summed E-state index contributed by atoms with van der Waals surface area (Å²) in [6, 6.07) is 0.706. The Morgan fingerprint density at radius 3 is 3.00 bits per heavy atom. The molecule has 2 bridgehead atoms. The summed E-state index contributed by atoms with van der Waals surface area (Å²) in [4.78, 5) is 16.7. The maximum absolute atomic E-state index is 12.2. The molecule has 0 unspecified atom stereocenters. The molecular formula is C15H24N2O2. The number of amides is 1. The molecule has 0 aliphatic carbocycles. The van der Waals surface area contributed by atoms with Gasteiger partial charge in [0.05, 0.1) is 12.1 Å². The lowest BCUT2D eigenvalue weighted by atomic mass is 9.68. The summed E-state index contributed by atoms with van der Waals surface area (Å²) < 4.78 is 0. The van der Waals surface area contributed by atoms with Crippen LogP contribution in [0.5, 0.6) is 0 Å². The van der Waals surface area contributed by atoms with Crippen molar-refractivity contribution in [3.05, 3.63) is 0 Å². The fourth-order valence-electron chi connectivity index (χ4n) is 5.14. The van der Waals surface area contributed by atoms with Crippen LogP contribution in [0.2, 0.25) is 0 Å². The molecule has 1 amide bonds. The molecular weight excluding hydrogens is 240 g/mol. The van der Waals surface area contributed by atoms with Crippen molar-refractivity contribution >= 4 is 5.91 Å². The van der Waals surface area contributed by atoms with Crippen molar-refractivity contribution in [1.29, 1.82) is 0 Å². The van der Waals surface area contributed by atoms with E-state index in [-0.39, 0.29) is 5.91 Å². The molecule has 0 radical (unpaired) electrons. The fraction of sp³-hybridized carbons (Fsp3) is 0.933. The zero-order valence-electron chi connectivity index (χ0n) is 11.6. The van der Waals surface area contributed by atoms with Gasteiger partial charge in [-0.3, -0.25) is 9.69 Å². The number of carbonyl (C=O) groups is 1. The molecule has 0 spiro atoms. The molecule has 4 atom stereocenters. The molecule has 4 heterocycles. The Morgan fingerprint density at radius 2 is 2.11 bits per heavy atom. The highest BCUT2D eigenvalue weighted by molar-refractivity contribution is 5.77. The van der Waals surface area contributed by atoms with E-state index < -0.39 is 5.60 Å². The van der Waals surface area contributed by atoms with Crippen molar-refractivity contribution < 1.29 is 9.90 Å². The summed E-state index contributed by atoms with van der Waals surface area (Å²) in [5.74, 6) is 0.779. The van der Waals surface area contributed by atoms with E-state index in [1.807, 2.05) is 4.90 Å². The minimum absolute atomic E-state index is 0.281. The first-order valence-electron chi connectivity index (χ1n) is 7.93. The second kappa shape index (κ2) is 4.19. The monoisotopic (exact) mass is 264 g/mol. The summed E-state index contributed by atoms with van der Waals surface area (Å²) in [5.41, 5.74) is -0.632. The summed E-state index contributed by atoms with van der Waals surface area (Å²) in [6.45, 7) is 2.83. The first-order chi connectivity index (χ1) is 9.17. The molecule has 1 N–H and O–H groups in total. The van der Waals surface area contributed by atoms with Gasteiger partial charge in [0, 0.05) is 25.0 Å². The van der Waals surface area contributed by atoms with E-state index in [0.717, 1.165) is 38.8 Å². The van der Waals surface area contributed by atoms with Crippen molar-refractivity contribution in [1.82, 2.24) is 9.80 Å². The zero-order chi connectivity index (χ0) is 13.0. The van der Waals surface area contributed by atoms with E-state index in [1.165, 1.54) is 12.8 Å². The number of piperidine rings is 4. The molecule has 4 rings (SSSR count). The molecule has 4 fully saturated rings. The van der Waals surface area contributed by atoms with Gasteiger partial charge in [-0.15, -0.1) is 0 Å². The van der Waals surface area contributed by atoms with E-state index in [2.05, 4.69) is 4.90 Å². The zero-order valence-corrected chi connectivity index (χ0v) is 11.6. The molecule has 0 aromatic heterocycles. The summed E-state index contributed by atoms with van der Waals surface area (Å²) in [7, 11) is 0. The molecule has 19 heavy (non-hydrogen) atoms. The van der Waals surface area contributed by atoms with Crippen LogP contribution < -0.4 is 0 Å². The van der Waals surface area contributed by atoms with Crippen molar-refractivity contribution in [3.63, 3.8) is 0 Å². The molecule has 4 heteroatoms. The van der Waals surface area contributed by atoms with Crippen LogP contribution in [0.3, 0.4) is 0 Å². The van der Waals surface area contributed by atoms with Crippen LogP contribution in [0.1, 0.15) is 44.9 Å². The average Bonchev–Trinajstić information content (AvgIpc) is 2.40. The molecule has 4 nitrogen and oxygen atoms in total. The SMILES string of the molecule is O=C1CCC[C@@H]2[C@H]3CN4CCCC[C@H]4[C@@](O)(C3)CN12. The third-order valence-electron chi connectivity index (χ3n) is 5.92. The van der Waals surface area contributed by atoms with Gasteiger partial charge in [-0.1, -0.05) is 6.42 Å². The number of hydrogen-bond donors (Lipinski definition) is 1. The van der Waals surface area contributed by atoms with Crippen LogP contribution in [0.4, 0.5) is 0 Å². The Bertz CT molecular complexity index is 400. The lowest BCUT2D eigenvalue weighted by Gasteiger charge is -2.60. The Labute approximate surface area is 114 Å². The van der Waals surface area contributed by atoms with E-state index >= 15 is 0 Å². The second-order valence-electron chi connectivity index (χ2n) is 7.06. The smallest absolute Gasteiger partial charge is 0.222 e. The van der Waals surface area contributed by atoms with Crippen molar-refractivity contribution in [2.45, 2.75) is 62.6 Å². The number of nitrogens with zero attached hydrogens (tertiary/aromatic N) is 2. The van der Waals surface area contributed by atoms with E-state index in [1.54, 1.807) is 0 Å². The number of carbonyl (C=O) groups excluding carboxylic acids is 1. The lowest BCUT2D eigenvalue weighted by Crippen LogP contribution is -2.72. The maximum Gasteiger partial charge on any atom is 0.222 e. The van der Waals surface area contributed by atoms with Crippen LogP contribution in [0, 0.1) is 5.92 Å². The standard InChI is InChI=1S/C15H24N2O2/c18-14-6-3-4-12-11-8-15(19,10-17(12)14)13-5-1-2-7-16(13)9-11/h11-13,19H,1-10H2/t11-,12-,13+,15-/m1/s1. The lowest BCUT2D eigenvalue weighted by molar-refractivity contribution is -0.185. The average molecular weight is 264 g/mol. The largest absolute Gasteiger partial charge is 0.386 e. The Hall–Kier alpha value is -0.610. The van der Waals surface area contributed by atoms with Crippen LogP contribution in [-0.4, -0.2) is 58.1 Å². The number of aliphatic hydroxyl groups is 1. The summed E-state index contributed by atoms with van der Waals surface area (Å²) >= 11 is 0. The van der Waals surface area contributed by atoms with Crippen LogP contribution in [-0.2, 0) is 4.79 Å². The number of hydrogen-bond acceptors (Lipinski definition) is 3. The van der Waals surface area contributed by atoms with Crippen molar-refractivity contribution in [2.24, 2.45) is 5.92 Å². The Kier molecular flexibility index (Phi) is 2.68. The quantitative estimate of drug-likeness (QED) is 0.709. The highest BCUT2D eigenvalue weighted by Crippen LogP contribution is 2.45. The summed E-state index contributed by atoms with van der Waals surface area (Å²) in [6.07, 6.45) is 7.40. The highest BCUT2D eigenvalue weighted by Gasteiger charge is 2.55. The molecule has 4 saturated heterocycles. The number of fused-ring (bicyclic) bond motifs is 6. The van der Waals surface area contributed by atoms with Gasteiger partial charge in [0.1, 0.15) is 0 Å². The minimum atomic E-state index is -0.632. The third kappa shape index (κ3) is 1.76. The molecule has 0 aromatic rings. The van der Waals surface area contributed by atoms with Gasteiger partial charge in [-0.2, -0.15) is 0 Å². The minimum Gasteiger partial charge on any atom is -0.386 e. The number of rotatable bonds is 0. The predicted molar refractivity (Wildman–Crippen MR) is 71.6 cm³/mol.